The Morgan fingerprint density at radius 3 is 2.73 bits per heavy atom. The van der Waals surface area contributed by atoms with Gasteiger partial charge in [-0.05, 0) is 35.4 Å². The number of benzene rings is 1. The SMILES string of the molecule is O=S(=O)(Nc1ccccc1-n1cnnn1)C1CCCCC1Cl. The molecule has 0 amide bonds. The molecule has 22 heavy (non-hydrogen) atoms. The number of halogens is 1. The molecule has 118 valence electrons. The Kier molecular flexibility index (Phi) is 4.30. The van der Waals surface area contributed by atoms with Crippen LogP contribution in [0.25, 0.3) is 5.69 Å². The molecule has 1 heterocycles. The van der Waals surface area contributed by atoms with Gasteiger partial charge in [0.1, 0.15) is 6.33 Å². The molecule has 1 saturated carbocycles. The van der Waals surface area contributed by atoms with Gasteiger partial charge >= 0.3 is 0 Å². The molecular formula is C13H16ClN5O2S. The molecule has 0 radical (unpaired) electrons. The number of alkyl halides is 1. The van der Waals surface area contributed by atoms with Gasteiger partial charge in [0.2, 0.25) is 10.0 Å². The van der Waals surface area contributed by atoms with Crippen LogP contribution >= 0.6 is 11.6 Å². The van der Waals surface area contributed by atoms with Gasteiger partial charge in [0.25, 0.3) is 0 Å². The third kappa shape index (κ3) is 3.07. The maximum Gasteiger partial charge on any atom is 0.237 e. The van der Waals surface area contributed by atoms with Crippen molar-refractivity contribution in [2.45, 2.75) is 36.3 Å². The number of aromatic nitrogens is 4. The lowest BCUT2D eigenvalue weighted by Gasteiger charge is -2.27. The molecule has 1 aromatic carbocycles. The van der Waals surface area contributed by atoms with Gasteiger partial charge in [-0.25, -0.2) is 8.42 Å². The lowest BCUT2D eigenvalue weighted by atomic mass is 10.00. The van der Waals surface area contributed by atoms with Crippen LogP contribution in [0.1, 0.15) is 25.7 Å². The molecule has 0 aliphatic heterocycles. The van der Waals surface area contributed by atoms with Crippen molar-refractivity contribution in [1.82, 2.24) is 20.2 Å². The number of sulfonamides is 1. The molecule has 1 aliphatic carbocycles. The fraction of sp³-hybridized carbons (Fsp3) is 0.462. The first-order valence-electron chi connectivity index (χ1n) is 7.06. The summed E-state index contributed by atoms with van der Waals surface area (Å²) in [6.45, 7) is 0. The zero-order valence-electron chi connectivity index (χ0n) is 11.8. The van der Waals surface area contributed by atoms with Crippen molar-refractivity contribution < 1.29 is 8.42 Å². The Balaban J connectivity index is 1.90. The van der Waals surface area contributed by atoms with Crippen molar-refractivity contribution in [2.24, 2.45) is 0 Å². The summed E-state index contributed by atoms with van der Waals surface area (Å²) in [7, 11) is -3.56. The van der Waals surface area contributed by atoms with Crippen LogP contribution in [-0.4, -0.2) is 39.3 Å². The van der Waals surface area contributed by atoms with Gasteiger partial charge < -0.3 is 0 Å². The van der Waals surface area contributed by atoms with E-state index in [-0.39, 0.29) is 5.38 Å². The van der Waals surface area contributed by atoms with Crippen molar-refractivity contribution in [2.75, 3.05) is 4.72 Å². The van der Waals surface area contributed by atoms with E-state index in [1.54, 1.807) is 24.3 Å². The Bertz CT molecular complexity index is 735. The van der Waals surface area contributed by atoms with E-state index in [1.165, 1.54) is 11.0 Å². The molecular weight excluding hydrogens is 326 g/mol. The molecule has 2 atom stereocenters. The summed E-state index contributed by atoms with van der Waals surface area (Å²) in [5, 5.41) is 10.0. The summed E-state index contributed by atoms with van der Waals surface area (Å²) in [6.07, 6.45) is 4.57. The van der Waals surface area contributed by atoms with Crippen molar-refractivity contribution in [3.05, 3.63) is 30.6 Å². The monoisotopic (exact) mass is 341 g/mol. The average Bonchev–Trinajstić information content (AvgIpc) is 3.02. The molecule has 1 aliphatic rings. The summed E-state index contributed by atoms with van der Waals surface area (Å²) in [4.78, 5) is 0. The number of para-hydroxylation sites is 2. The van der Waals surface area contributed by atoms with E-state index in [2.05, 4.69) is 20.2 Å². The normalized spacial score (nSPS) is 22.4. The predicted octanol–water partition coefficient (Wildman–Crippen LogP) is 1.95. The molecule has 1 aromatic heterocycles. The maximum absolute atomic E-state index is 12.6. The summed E-state index contributed by atoms with van der Waals surface area (Å²) < 4.78 is 29.3. The minimum Gasteiger partial charge on any atom is -0.281 e. The fourth-order valence-electron chi connectivity index (χ4n) is 2.66. The lowest BCUT2D eigenvalue weighted by Crippen LogP contribution is -2.37. The summed E-state index contributed by atoms with van der Waals surface area (Å²) in [6, 6.07) is 6.97. The molecule has 9 heteroatoms. The Labute approximate surface area is 133 Å². The standard InChI is InChI=1S/C13H16ClN5O2S/c14-10-5-1-4-8-13(10)22(20,21)16-11-6-2-3-7-12(11)19-9-15-17-18-19/h2-3,6-7,9-10,13,16H,1,4-5,8H2. The average molecular weight is 342 g/mol. The highest BCUT2D eigenvalue weighted by Crippen LogP contribution is 2.30. The van der Waals surface area contributed by atoms with Gasteiger partial charge in [0, 0.05) is 0 Å². The van der Waals surface area contributed by atoms with Crippen LogP contribution in [-0.2, 0) is 10.0 Å². The van der Waals surface area contributed by atoms with E-state index in [0.717, 1.165) is 19.3 Å². The molecule has 1 N–H and O–H groups in total. The van der Waals surface area contributed by atoms with Crippen molar-refractivity contribution in [3.63, 3.8) is 0 Å². The van der Waals surface area contributed by atoms with E-state index in [0.29, 0.717) is 17.8 Å². The Morgan fingerprint density at radius 2 is 2.00 bits per heavy atom. The topological polar surface area (TPSA) is 89.8 Å². The zero-order valence-corrected chi connectivity index (χ0v) is 13.3. The largest absolute Gasteiger partial charge is 0.281 e. The minimum absolute atomic E-state index is 0.355. The number of anilines is 1. The van der Waals surface area contributed by atoms with E-state index < -0.39 is 15.3 Å². The predicted molar refractivity (Wildman–Crippen MR) is 83.6 cm³/mol. The van der Waals surface area contributed by atoms with E-state index in [4.69, 9.17) is 11.6 Å². The molecule has 3 rings (SSSR count). The van der Waals surface area contributed by atoms with Crippen LogP contribution in [0.5, 0.6) is 0 Å². The second-order valence-electron chi connectivity index (χ2n) is 5.26. The highest BCUT2D eigenvalue weighted by Gasteiger charge is 2.34. The number of tetrazole rings is 1. The van der Waals surface area contributed by atoms with E-state index >= 15 is 0 Å². The van der Waals surface area contributed by atoms with E-state index in [1.807, 2.05) is 0 Å². The third-order valence-electron chi connectivity index (χ3n) is 3.77. The van der Waals surface area contributed by atoms with Crippen LogP contribution in [0.15, 0.2) is 30.6 Å². The van der Waals surface area contributed by atoms with Crippen molar-refractivity contribution in [3.8, 4) is 5.69 Å². The fourth-order valence-corrected chi connectivity index (χ4v) is 4.98. The smallest absolute Gasteiger partial charge is 0.237 e. The van der Waals surface area contributed by atoms with Gasteiger partial charge in [-0.1, -0.05) is 25.0 Å². The highest BCUT2D eigenvalue weighted by molar-refractivity contribution is 7.93. The van der Waals surface area contributed by atoms with Gasteiger partial charge in [0.05, 0.1) is 22.0 Å². The van der Waals surface area contributed by atoms with Crippen LogP contribution in [0, 0.1) is 0 Å². The molecule has 7 nitrogen and oxygen atoms in total. The Morgan fingerprint density at radius 1 is 1.23 bits per heavy atom. The first-order valence-corrected chi connectivity index (χ1v) is 9.04. The minimum atomic E-state index is -3.56. The molecule has 0 saturated heterocycles. The first kappa shape index (κ1) is 15.2. The number of rotatable bonds is 4. The number of nitrogens with zero attached hydrogens (tertiary/aromatic N) is 4. The maximum atomic E-state index is 12.6. The molecule has 0 spiro atoms. The molecule has 1 fully saturated rings. The van der Waals surface area contributed by atoms with Crippen LogP contribution in [0.2, 0.25) is 0 Å². The Hall–Kier alpha value is -1.67. The highest BCUT2D eigenvalue weighted by atomic mass is 35.5. The van der Waals surface area contributed by atoms with Crippen molar-refractivity contribution in [1.29, 1.82) is 0 Å². The summed E-state index contributed by atoms with van der Waals surface area (Å²) in [5.74, 6) is 0. The second-order valence-corrected chi connectivity index (χ2v) is 7.72. The summed E-state index contributed by atoms with van der Waals surface area (Å²) in [5.41, 5.74) is 1.00. The summed E-state index contributed by atoms with van der Waals surface area (Å²) >= 11 is 6.22. The van der Waals surface area contributed by atoms with Crippen molar-refractivity contribution >= 4 is 27.3 Å². The van der Waals surface area contributed by atoms with Gasteiger partial charge in [-0.15, -0.1) is 16.7 Å². The van der Waals surface area contributed by atoms with E-state index in [9.17, 15) is 8.42 Å². The number of nitrogens with one attached hydrogen (secondary N) is 1. The first-order chi connectivity index (χ1) is 10.6. The van der Waals surface area contributed by atoms with Gasteiger partial charge in [-0.2, -0.15) is 4.68 Å². The lowest BCUT2D eigenvalue weighted by molar-refractivity contribution is 0.491. The quantitative estimate of drug-likeness (QED) is 0.858. The third-order valence-corrected chi connectivity index (χ3v) is 6.31. The van der Waals surface area contributed by atoms with Gasteiger partial charge in [-0.3, -0.25) is 4.72 Å². The van der Waals surface area contributed by atoms with Crippen LogP contribution in [0.3, 0.4) is 0 Å². The van der Waals surface area contributed by atoms with Gasteiger partial charge in [0.15, 0.2) is 0 Å². The zero-order chi connectivity index (χ0) is 15.6. The molecule has 2 unspecified atom stereocenters. The number of hydrogen-bond acceptors (Lipinski definition) is 5. The molecule has 0 bridgehead atoms. The number of hydrogen-bond donors (Lipinski definition) is 1. The molecule has 2 aromatic rings. The van der Waals surface area contributed by atoms with Crippen LogP contribution in [0.4, 0.5) is 5.69 Å². The second kappa shape index (κ2) is 6.21. The van der Waals surface area contributed by atoms with Crippen LogP contribution < -0.4 is 4.72 Å².